The number of hydrogen-bond donors (Lipinski definition) is 0. The Morgan fingerprint density at radius 3 is 3.07 bits per heavy atom. The summed E-state index contributed by atoms with van der Waals surface area (Å²) in [6.45, 7) is 5.98. The fraction of sp³-hybridized carbons (Fsp3) is 0.583. The van der Waals surface area contributed by atoms with Gasteiger partial charge in [-0.05, 0) is 32.1 Å². The van der Waals surface area contributed by atoms with E-state index in [-0.39, 0.29) is 11.9 Å². The monoisotopic (exact) mass is 194 g/mol. The van der Waals surface area contributed by atoms with Gasteiger partial charge in [-0.2, -0.15) is 0 Å². The lowest BCUT2D eigenvalue weighted by atomic mass is 9.89. The molecule has 78 valence electrons. The number of rotatable bonds is 5. The van der Waals surface area contributed by atoms with Crippen molar-refractivity contribution in [2.45, 2.75) is 26.2 Å². The van der Waals surface area contributed by atoms with Gasteiger partial charge in [0.05, 0.1) is 12.5 Å². The van der Waals surface area contributed by atoms with Gasteiger partial charge in [-0.25, -0.2) is 0 Å². The summed E-state index contributed by atoms with van der Waals surface area (Å²) in [6.07, 6.45) is 8.93. The predicted octanol–water partition coefficient (Wildman–Crippen LogP) is 2.71. The second-order valence-corrected chi connectivity index (χ2v) is 3.55. The van der Waals surface area contributed by atoms with Crippen LogP contribution in [0.2, 0.25) is 0 Å². The van der Waals surface area contributed by atoms with Crippen molar-refractivity contribution in [3.63, 3.8) is 0 Å². The molecule has 1 aliphatic rings. The Morgan fingerprint density at radius 1 is 1.79 bits per heavy atom. The lowest BCUT2D eigenvalue weighted by Gasteiger charge is -2.18. The minimum atomic E-state index is -0.0797. The molecule has 0 aromatic rings. The molecule has 1 rings (SSSR count). The zero-order valence-corrected chi connectivity index (χ0v) is 8.74. The molecule has 1 aliphatic carbocycles. The zero-order valence-electron chi connectivity index (χ0n) is 8.74. The van der Waals surface area contributed by atoms with Gasteiger partial charge in [0.1, 0.15) is 0 Å². The van der Waals surface area contributed by atoms with Crippen molar-refractivity contribution in [1.29, 1.82) is 0 Å². The van der Waals surface area contributed by atoms with Crippen LogP contribution in [0.25, 0.3) is 0 Å². The molecule has 0 saturated carbocycles. The highest BCUT2D eigenvalue weighted by atomic mass is 16.5. The van der Waals surface area contributed by atoms with E-state index in [1.54, 1.807) is 6.08 Å². The molecule has 0 spiro atoms. The largest absolute Gasteiger partial charge is 0.466 e. The van der Waals surface area contributed by atoms with E-state index in [2.05, 4.69) is 18.7 Å². The Morgan fingerprint density at radius 2 is 2.57 bits per heavy atom. The number of carbonyl (C=O) groups excluding carboxylic acids is 1. The molecular formula is C12H18O2. The van der Waals surface area contributed by atoms with E-state index in [0.29, 0.717) is 18.9 Å². The molecule has 0 aromatic heterocycles. The van der Waals surface area contributed by atoms with Crippen LogP contribution >= 0.6 is 0 Å². The fourth-order valence-electron chi connectivity index (χ4n) is 1.87. The maximum Gasteiger partial charge on any atom is 0.309 e. The molecule has 2 unspecified atom stereocenters. The quantitative estimate of drug-likeness (QED) is 0.497. The minimum absolute atomic E-state index is 0.0220. The first-order valence-corrected chi connectivity index (χ1v) is 5.23. The smallest absolute Gasteiger partial charge is 0.309 e. The molecule has 0 heterocycles. The fourth-order valence-corrected chi connectivity index (χ4v) is 1.87. The molecule has 0 amide bonds. The summed E-state index contributed by atoms with van der Waals surface area (Å²) in [4.78, 5) is 11.6. The molecule has 0 fully saturated rings. The normalized spacial score (nSPS) is 21.9. The van der Waals surface area contributed by atoms with E-state index >= 15 is 0 Å². The van der Waals surface area contributed by atoms with E-state index in [1.807, 2.05) is 6.92 Å². The Labute approximate surface area is 85.6 Å². The predicted molar refractivity (Wildman–Crippen MR) is 56.8 cm³/mol. The maximum atomic E-state index is 11.6. The van der Waals surface area contributed by atoms with E-state index < -0.39 is 0 Å². The number of hydrogen-bond acceptors (Lipinski definition) is 2. The molecular weight excluding hydrogens is 176 g/mol. The topological polar surface area (TPSA) is 26.3 Å². The van der Waals surface area contributed by atoms with Gasteiger partial charge in [0.15, 0.2) is 0 Å². The van der Waals surface area contributed by atoms with E-state index in [1.165, 1.54) is 0 Å². The number of ether oxygens (including phenoxy) is 1. The van der Waals surface area contributed by atoms with Crippen LogP contribution in [0.5, 0.6) is 0 Å². The second kappa shape index (κ2) is 5.63. The number of allylic oxidation sites excluding steroid dienone is 3. The third-order valence-corrected chi connectivity index (χ3v) is 2.58. The van der Waals surface area contributed by atoms with Crippen LogP contribution < -0.4 is 0 Å². The third kappa shape index (κ3) is 2.72. The lowest BCUT2D eigenvalue weighted by molar-refractivity contribution is -0.149. The SMILES string of the molecule is C=CCC(C(=O)OCC)C1C=CCC1. The van der Waals surface area contributed by atoms with Crippen LogP contribution in [-0.4, -0.2) is 12.6 Å². The van der Waals surface area contributed by atoms with Crippen LogP contribution in [0.15, 0.2) is 24.8 Å². The average molecular weight is 194 g/mol. The molecule has 2 nitrogen and oxygen atoms in total. The third-order valence-electron chi connectivity index (χ3n) is 2.58. The second-order valence-electron chi connectivity index (χ2n) is 3.55. The van der Waals surface area contributed by atoms with Crippen molar-refractivity contribution in [1.82, 2.24) is 0 Å². The van der Waals surface area contributed by atoms with Crippen molar-refractivity contribution >= 4 is 5.97 Å². The van der Waals surface area contributed by atoms with Crippen LogP contribution in [0.4, 0.5) is 0 Å². The first kappa shape index (κ1) is 11.0. The highest BCUT2D eigenvalue weighted by Gasteiger charge is 2.27. The van der Waals surface area contributed by atoms with Gasteiger partial charge < -0.3 is 4.74 Å². The van der Waals surface area contributed by atoms with Gasteiger partial charge in [0.25, 0.3) is 0 Å². The number of esters is 1. The summed E-state index contributed by atoms with van der Waals surface area (Å²) in [5.74, 6) is 0.252. The first-order valence-electron chi connectivity index (χ1n) is 5.23. The summed E-state index contributed by atoms with van der Waals surface area (Å²) in [6, 6.07) is 0. The van der Waals surface area contributed by atoms with Crippen LogP contribution in [-0.2, 0) is 9.53 Å². The Hall–Kier alpha value is -1.05. The molecule has 0 N–H and O–H groups in total. The van der Waals surface area contributed by atoms with Crippen molar-refractivity contribution < 1.29 is 9.53 Å². The van der Waals surface area contributed by atoms with Gasteiger partial charge >= 0.3 is 5.97 Å². The van der Waals surface area contributed by atoms with Crippen LogP contribution in [0, 0.1) is 11.8 Å². The van der Waals surface area contributed by atoms with Gasteiger partial charge in [-0.1, -0.05) is 18.2 Å². The Kier molecular flexibility index (Phi) is 4.44. The van der Waals surface area contributed by atoms with Gasteiger partial charge in [0, 0.05) is 0 Å². The van der Waals surface area contributed by atoms with Crippen molar-refractivity contribution in [2.75, 3.05) is 6.61 Å². The maximum absolute atomic E-state index is 11.6. The molecule has 2 heteroatoms. The molecule has 0 bridgehead atoms. The van der Waals surface area contributed by atoms with E-state index in [0.717, 1.165) is 12.8 Å². The zero-order chi connectivity index (χ0) is 10.4. The Bertz CT molecular complexity index is 230. The summed E-state index contributed by atoms with van der Waals surface area (Å²) in [5, 5.41) is 0. The van der Waals surface area contributed by atoms with Crippen LogP contribution in [0.1, 0.15) is 26.2 Å². The number of carbonyl (C=O) groups is 1. The molecule has 2 atom stereocenters. The highest BCUT2D eigenvalue weighted by Crippen LogP contribution is 2.28. The summed E-state index contributed by atoms with van der Waals surface area (Å²) < 4.78 is 5.05. The minimum Gasteiger partial charge on any atom is -0.466 e. The average Bonchev–Trinajstić information content (AvgIpc) is 2.67. The van der Waals surface area contributed by atoms with Gasteiger partial charge in [0.2, 0.25) is 0 Å². The summed E-state index contributed by atoms with van der Waals surface area (Å²) in [7, 11) is 0. The first-order chi connectivity index (χ1) is 6.79. The summed E-state index contributed by atoms with van der Waals surface area (Å²) in [5.41, 5.74) is 0. The van der Waals surface area contributed by atoms with Crippen molar-refractivity contribution in [3.8, 4) is 0 Å². The van der Waals surface area contributed by atoms with E-state index in [4.69, 9.17) is 4.74 Å². The standard InChI is InChI=1S/C12H18O2/c1-3-7-11(12(13)14-4-2)10-8-5-6-9-10/h3,5,8,10-11H,1,4,6-7,9H2,2H3. The highest BCUT2D eigenvalue weighted by molar-refractivity contribution is 5.73. The van der Waals surface area contributed by atoms with E-state index in [9.17, 15) is 4.79 Å². The van der Waals surface area contributed by atoms with Gasteiger partial charge in [-0.3, -0.25) is 4.79 Å². The van der Waals surface area contributed by atoms with Crippen molar-refractivity contribution in [3.05, 3.63) is 24.8 Å². The van der Waals surface area contributed by atoms with Gasteiger partial charge in [-0.15, -0.1) is 6.58 Å². The molecule has 0 radical (unpaired) electrons. The van der Waals surface area contributed by atoms with Crippen LogP contribution in [0.3, 0.4) is 0 Å². The Balaban J connectivity index is 2.57. The van der Waals surface area contributed by atoms with Crippen molar-refractivity contribution in [2.24, 2.45) is 11.8 Å². The molecule has 0 aromatic carbocycles. The summed E-state index contributed by atoms with van der Waals surface area (Å²) >= 11 is 0. The molecule has 14 heavy (non-hydrogen) atoms. The molecule has 0 saturated heterocycles. The molecule has 0 aliphatic heterocycles. The lowest BCUT2D eigenvalue weighted by Crippen LogP contribution is -2.23.